The molecule has 2 rings (SSSR count). The van der Waals surface area contributed by atoms with Gasteiger partial charge in [0, 0.05) is 25.8 Å². The molecule has 4 nitrogen and oxygen atoms in total. The number of ether oxygens (including phenoxy) is 1. The first-order chi connectivity index (χ1) is 8.18. The fraction of sp³-hybridized carbons (Fsp3) is 0.417. The second-order valence-corrected chi connectivity index (χ2v) is 3.94. The first kappa shape index (κ1) is 14.9. The molecule has 0 radical (unpaired) electrons. The minimum absolute atomic E-state index is 0. The lowest BCUT2D eigenvalue weighted by molar-refractivity contribution is -0.131. The second-order valence-electron chi connectivity index (χ2n) is 3.94. The van der Waals surface area contributed by atoms with Gasteiger partial charge in [-0.25, -0.2) is 4.39 Å². The standard InChI is InChI=1S/C12H15FN2O2.ClH/c1-15(10-4-2-9(13)3-5-10)12(16)11-8-14-6-7-17-11;/h2-5,11,14H,6-8H2,1H3;1H. The van der Waals surface area contributed by atoms with Crippen LogP contribution in [0.2, 0.25) is 0 Å². The van der Waals surface area contributed by atoms with E-state index in [1.165, 1.54) is 17.0 Å². The monoisotopic (exact) mass is 274 g/mol. The van der Waals surface area contributed by atoms with Gasteiger partial charge in [-0.05, 0) is 24.3 Å². The largest absolute Gasteiger partial charge is 0.366 e. The first-order valence-electron chi connectivity index (χ1n) is 5.54. The Hall–Kier alpha value is -1.17. The summed E-state index contributed by atoms with van der Waals surface area (Å²) >= 11 is 0. The number of halogens is 2. The van der Waals surface area contributed by atoms with Crippen molar-refractivity contribution in [3.63, 3.8) is 0 Å². The number of likely N-dealkylation sites (N-methyl/N-ethyl adjacent to an activating group) is 1. The van der Waals surface area contributed by atoms with Crippen LogP contribution in [0.15, 0.2) is 24.3 Å². The van der Waals surface area contributed by atoms with Gasteiger partial charge in [-0.15, -0.1) is 12.4 Å². The number of anilines is 1. The minimum atomic E-state index is -0.459. The van der Waals surface area contributed by atoms with Gasteiger partial charge in [0.1, 0.15) is 11.9 Å². The lowest BCUT2D eigenvalue weighted by atomic mass is 10.2. The number of morpholine rings is 1. The summed E-state index contributed by atoms with van der Waals surface area (Å²) in [6, 6.07) is 5.81. The summed E-state index contributed by atoms with van der Waals surface area (Å²) in [6.07, 6.45) is -0.459. The fourth-order valence-corrected chi connectivity index (χ4v) is 1.73. The van der Waals surface area contributed by atoms with Crippen molar-refractivity contribution in [1.29, 1.82) is 0 Å². The van der Waals surface area contributed by atoms with Gasteiger partial charge in [0.05, 0.1) is 6.61 Å². The maximum Gasteiger partial charge on any atom is 0.257 e. The molecule has 1 N–H and O–H groups in total. The summed E-state index contributed by atoms with van der Waals surface area (Å²) in [6.45, 7) is 1.82. The maximum atomic E-state index is 12.8. The van der Waals surface area contributed by atoms with E-state index in [0.29, 0.717) is 18.8 Å². The molecule has 1 aliphatic rings. The highest BCUT2D eigenvalue weighted by molar-refractivity contribution is 5.96. The van der Waals surface area contributed by atoms with Crippen LogP contribution in [-0.4, -0.2) is 38.8 Å². The minimum Gasteiger partial charge on any atom is -0.366 e. The van der Waals surface area contributed by atoms with Crippen LogP contribution in [0.4, 0.5) is 10.1 Å². The average Bonchev–Trinajstić information content (AvgIpc) is 2.39. The first-order valence-corrected chi connectivity index (χ1v) is 5.54. The van der Waals surface area contributed by atoms with Crippen molar-refractivity contribution in [3.8, 4) is 0 Å². The molecule has 1 unspecified atom stereocenters. The number of carbonyl (C=O) groups excluding carboxylic acids is 1. The Bertz CT molecular complexity index is 394. The number of nitrogens with zero attached hydrogens (tertiary/aromatic N) is 1. The molecule has 1 fully saturated rings. The summed E-state index contributed by atoms with van der Waals surface area (Å²) in [5.74, 6) is -0.436. The molecule has 0 bridgehead atoms. The van der Waals surface area contributed by atoms with Crippen LogP contribution in [0, 0.1) is 5.82 Å². The highest BCUT2D eigenvalue weighted by atomic mass is 35.5. The molecule has 0 spiro atoms. The van der Waals surface area contributed by atoms with E-state index >= 15 is 0 Å². The van der Waals surface area contributed by atoms with E-state index in [1.54, 1.807) is 19.2 Å². The number of nitrogens with one attached hydrogen (secondary N) is 1. The SMILES string of the molecule is CN(C(=O)C1CNCCO1)c1ccc(F)cc1.Cl. The van der Waals surface area contributed by atoms with Crippen molar-refractivity contribution >= 4 is 24.0 Å². The summed E-state index contributed by atoms with van der Waals surface area (Å²) in [4.78, 5) is 13.5. The van der Waals surface area contributed by atoms with Crippen LogP contribution in [0.3, 0.4) is 0 Å². The lowest BCUT2D eigenvalue weighted by Crippen LogP contribution is -2.48. The molecule has 1 aromatic carbocycles. The summed E-state index contributed by atoms with van der Waals surface area (Å²) in [5.41, 5.74) is 0.658. The van der Waals surface area contributed by atoms with Crippen molar-refractivity contribution in [1.82, 2.24) is 5.32 Å². The average molecular weight is 275 g/mol. The van der Waals surface area contributed by atoms with Crippen LogP contribution < -0.4 is 10.2 Å². The molecule has 1 aliphatic heterocycles. The van der Waals surface area contributed by atoms with E-state index in [2.05, 4.69) is 5.32 Å². The van der Waals surface area contributed by atoms with Gasteiger partial charge >= 0.3 is 0 Å². The summed E-state index contributed by atoms with van der Waals surface area (Å²) in [5, 5.41) is 3.10. The Kier molecular flexibility index (Phi) is 5.53. The van der Waals surface area contributed by atoms with Crippen molar-refractivity contribution in [2.45, 2.75) is 6.10 Å². The molecule has 1 heterocycles. The van der Waals surface area contributed by atoms with E-state index in [0.717, 1.165) is 6.54 Å². The number of rotatable bonds is 2. The molecule has 18 heavy (non-hydrogen) atoms. The molecular formula is C12H16ClFN2O2. The zero-order chi connectivity index (χ0) is 12.3. The Labute approximate surface area is 112 Å². The van der Waals surface area contributed by atoms with Crippen LogP contribution in [0.25, 0.3) is 0 Å². The van der Waals surface area contributed by atoms with E-state index in [9.17, 15) is 9.18 Å². The van der Waals surface area contributed by atoms with Gasteiger partial charge in [0.15, 0.2) is 0 Å². The van der Waals surface area contributed by atoms with Crippen LogP contribution >= 0.6 is 12.4 Å². The predicted molar refractivity (Wildman–Crippen MR) is 69.7 cm³/mol. The molecule has 6 heteroatoms. The van der Waals surface area contributed by atoms with Crippen LogP contribution in [0.5, 0.6) is 0 Å². The zero-order valence-electron chi connectivity index (χ0n) is 10.1. The van der Waals surface area contributed by atoms with Gasteiger partial charge in [-0.2, -0.15) is 0 Å². The number of hydrogen-bond acceptors (Lipinski definition) is 3. The van der Waals surface area contributed by atoms with Crippen LogP contribution in [0.1, 0.15) is 0 Å². The Morgan fingerprint density at radius 1 is 1.44 bits per heavy atom. The molecule has 1 amide bonds. The number of carbonyl (C=O) groups is 1. The highest BCUT2D eigenvalue weighted by Gasteiger charge is 2.25. The van der Waals surface area contributed by atoms with Gasteiger partial charge in [0.25, 0.3) is 5.91 Å². The summed E-state index contributed by atoms with van der Waals surface area (Å²) in [7, 11) is 1.66. The van der Waals surface area contributed by atoms with E-state index in [-0.39, 0.29) is 24.1 Å². The molecular weight excluding hydrogens is 259 g/mol. The zero-order valence-corrected chi connectivity index (χ0v) is 10.9. The third-order valence-electron chi connectivity index (χ3n) is 2.75. The molecule has 1 saturated heterocycles. The summed E-state index contributed by atoms with van der Waals surface area (Å²) < 4.78 is 18.1. The fourth-order valence-electron chi connectivity index (χ4n) is 1.73. The number of amides is 1. The molecule has 0 saturated carbocycles. The van der Waals surface area contributed by atoms with Crippen molar-refractivity contribution in [2.75, 3.05) is 31.6 Å². The smallest absolute Gasteiger partial charge is 0.257 e. The molecule has 1 aromatic rings. The second kappa shape index (κ2) is 6.68. The molecule has 0 aliphatic carbocycles. The Balaban J connectivity index is 0.00000162. The third-order valence-corrected chi connectivity index (χ3v) is 2.75. The van der Waals surface area contributed by atoms with Crippen molar-refractivity contribution in [3.05, 3.63) is 30.1 Å². The molecule has 0 aromatic heterocycles. The van der Waals surface area contributed by atoms with Crippen molar-refractivity contribution in [2.24, 2.45) is 0 Å². The maximum absolute atomic E-state index is 12.8. The topological polar surface area (TPSA) is 41.6 Å². The van der Waals surface area contributed by atoms with E-state index < -0.39 is 6.10 Å². The lowest BCUT2D eigenvalue weighted by Gasteiger charge is -2.27. The third kappa shape index (κ3) is 3.41. The number of benzene rings is 1. The van der Waals surface area contributed by atoms with Gasteiger partial charge < -0.3 is 15.0 Å². The van der Waals surface area contributed by atoms with Crippen LogP contribution in [-0.2, 0) is 9.53 Å². The van der Waals surface area contributed by atoms with E-state index in [1.807, 2.05) is 0 Å². The highest BCUT2D eigenvalue weighted by Crippen LogP contribution is 2.15. The van der Waals surface area contributed by atoms with Crippen molar-refractivity contribution < 1.29 is 13.9 Å². The number of hydrogen-bond donors (Lipinski definition) is 1. The predicted octanol–water partition coefficient (Wildman–Crippen LogP) is 1.20. The Morgan fingerprint density at radius 2 is 2.11 bits per heavy atom. The van der Waals surface area contributed by atoms with Gasteiger partial charge in [-0.1, -0.05) is 0 Å². The molecule has 1 atom stereocenters. The van der Waals surface area contributed by atoms with Gasteiger partial charge in [-0.3, -0.25) is 4.79 Å². The quantitative estimate of drug-likeness (QED) is 0.881. The normalized spacial score (nSPS) is 18.9. The van der Waals surface area contributed by atoms with Gasteiger partial charge in [0.2, 0.25) is 0 Å². The molecule has 100 valence electrons. The Morgan fingerprint density at radius 3 is 2.67 bits per heavy atom. The van der Waals surface area contributed by atoms with E-state index in [4.69, 9.17) is 4.74 Å².